The molecule has 0 aliphatic rings. The summed E-state index contributed by atoms with van der Waals surface area (Å²) in [6, 6.07) is 7.36. The number of nitrogens with zero attached hydrogens (tertiary/aromatic N) is 2. The van der Waals surface area contributed by atoms with Gasteiger partial charge in [-0.05, 0) is 26.0 Å². The zero-order chi connectivity index (χ0) is 14.0. The van der Waals surface area contributed by atoms with Gasteiger partial charge < -0.3 is 4.74 Å². The Morgan fingerprint density at radius 3 is 2.58 bits per heavy atom. The molecule has 0 aliphatic heterocycles. The number of carbonyl (C=O) groups is 1. The maximum atomic E-state index is 11.9. The van der Waals surface area contributed by atoms with Crippen LogP contribution in [0.5, 0.6) is 0 Å². The van der Waals surface area contributed by atoms with Crippen LogP contribution < -0.4 is 0 Å². The van der Waals surface area contributed by atoms with E-state index in [9.17, 15) is 4.79 Å². The SMILES string of the molecule is CCOC(=O)c1c(C)c(-c2ccc(Cl)cc2)nn1C. The van der Waals surface area contributed by atoms with E-state index in [1.807, 2.05) is 19.1 Å². The fraction of sp³-hybridized carbons (Fsp3) is 0.286. The molecule has 0 saturated heterocycles. The van der Waals surface area contributed by atoms with Crippen LogP contribution in [0.1, 0.15) is 23.0 Å². The van der Waals surface area contributed by atoms with Gasteiger partial charge in [0.25, 0.3) is 0 Å². The minimum absolute atomic E-state index is 0.347. The molecule has 0 amide bonds. The highest BCUT2D eigenvalue weighted by Crippen LogP contribution is 2.26. The molecular weight excluding hydrogens is 264 g/mol. The van der Waals surface area contributed by atoms with Crippen molar-refractivity contribution in [2.75, 3.05) is 6.61 Å². The first-order valence-corrected chi connectivity index (χ1v) is 6.39. The summed E-state index contributed by atoms with van der Waals surface area (Å²) in [7, 11) is 1.73. The number of rotatable bonds is 3. The van der Waals surface area contributed by atoms with Crippen LogP contribution in [0, 0.1) is 6.92 Å². The van der Waals surface area contributed by atoms with Crippen molar-refractivity contribution < 1.29 is 9.53 Å². The number of hydrogen-bond acceptors (Lipinski definition) is 3. The van der Waals surface area contributed by atoms with E-state index in [1.54, 1.807) is 30.8 Å². The second-order valence-electron chi connectivity index (χ2n) is 4.17. The number of hydrogen-bond donors (Lipinski definition) is 0. The third-order valence-electron chi connectivity index (χ3n) is 2.87. The maximum absolute atomic E-state index is 11.9. The molecule has 19 heavy (non-hydrogen) atoms. The Kier molecular flexibility index (Phi) is 3.90. The van der Waals surface area contributed by atoms with Crippen LogP contribution in [-0.2, 0) is 11.8 Å². The molecule has 1 aromatic heterocycles. The van der Waals surface area contributed by atoms with Crippen LogP contribution in [0.4, 0.5) is 0 Å². The van der Waals surface area contributed by atoms with Gasteiger partial charge in [0, 0.05) is 23.2 Å². The highest BCUT2D eigenvalue weighted by Gasteiger charge is 2.20. The van der Waals surface area contributed by atoms with Crippen LogP contribution in [0.15, 0.2) is 24.3 Å². The molecule has 0 unspecified atom stereocenters. The van der Waals surface area contributed by atoms with Crippen molar-refractivity contribution in [2.24, 2.45) is 7.05 Å². The second-order valence-corrected chi connectivity index (χ2v) is 4.61. The molecule has 0 radical (unpaired) electrons. The van der Waals surface area contributed by atoms with Crippen molar-refractivity contribution in [3.63, 3.8) is 0 Å². The fourth-order valence-corrected chi connectivity index (χ4v) is 2.12. The van der Waals surface area contributed by atoms with Crippen molar-refractivity contribution in [2.45, 2.75) is 13.8 Å². The zero-order valence-corrected chi connectivity index (χ0v) is 11.9. The standard InChI is InChI=1S/C14H15ClN2O2/c1-4-19-14(18)13-9(2)12(16-17(13)3)10-5-7-11(15)8-6-10/h5-8H,4H2,1-3H3. The Labute approximate surface area is 116 Å². The van der Waals surface area contributed by atoms with Gasteiger partial charge in [-0.3, -0.25) is 4.68 Å². The van der Waals surface area contributed by atoms with Gasteiger partial charge in [0.05, 0.1) is 12.3 Å². The van der Waals surface area contributed by atoms with Crippen molar-refractivity contribution in [3.8, 4) is 11.3 Å². The third kappa shape index (κ3) is 2.63. The van der Waals surface area contributed by atoms with Crippen LogP contribution in [0.2, 0.25) is 5.02 Å². The highest BCUT2D eigenvalue weighted by atomic mass is 35.5. The topological polar surface area (TPSA) is 44.1 Å². The summed E-state index contributed by atoms with van der Waals surface area (Å²) in [5.74, 6) is -0.352. The fourth-order valence-electron chi connectivity index (χ4n) is 2.00. The first kappa shape index (κ1) is 13.6. The third-order valence-corrected chi connectivity index (χ3v) is 3.12. The average Bonchev–Trinajstić information content (AvgIpc) is 2.66. The molecule has 0 aliphatic carbocycles. The lowest BCUT2D eigenvalue weighted by atomic mass is 10.1. The highest BCUT2D eigenvalue weighted by molar-refractivity contribution is 6.30. The second kappa shape index (κ2) is 5.45. The average molecular weight is 279 g/mol. The van der Waals surface area contributed by atoms with Crippen molar-refractivity contribution in [1.82, 2.24) is 9.78 Å². The summed E-state index contributed by atoms with van der Waals surface area (Å²) in [5, 5.41) is 5.06. The van der Waals surface area contributed by atoms with E-state index in [1.165, 1.54) is 0 Å². The number of carbonyl (C=O) groups excluding carboxylic acids is 1. The van der Waals surface area contributed by atoms with Gasteiger partial charge >= 0.3 is 5.97 Å². The van der Waals surface area contributed by atoms with Crippen LogP contribution in [0.25, 0.3) is 11.3 Å². The molecule has 0 saturated carbocycles. The Hall–Kier alpha value is -1.81. The predicted octanol–water partition coefficient (Wildman–Crippen LogP) is 3.23. The lowest BCUT2D eigenvalue weighted by Gasteiger charge is -2.02. The smallest absolute Gasteiger partial charge is 0.356 e. The summed E-state index contributed by atoms with van der Waals surface area (Å²) in [6.45, 7) is 3.99. The number of esters is 1. The quantitative estimate of drug-likeness (QED) is 0.810. The number of halogens is 1. The Bertz CT molecular complexity index is 603. The minimum Gasteiger partial charge on any atom is -0.461 e. The van der Waals surface area contributed by atoms with Crippen LogP contribution >= 0.6 is 11.6 Å². The molecule has 4 nitrogen and oxygen atoms in total. The van der Waals surface area contributed by atoms with Gasteiger partial charge in [0.1, 0.15) is 5.69 Å². The Morgan fingerprint density at radius 2 is 2.00 bits per heavy atom. The molecule has 0 bridgehead atoms. The van der Waals surface area contributed by atoms with Crippen molar-refractivity contribution >= 4 is 17.6 Å². The molecule has 0 fully saturated rings. The maximum Gasteiger partial charge on any atom is 0.356 e. The number of aryl methyl sites for hydroxylation is 1. The van der Waals surface area contributed by atoms with E-state index < -0.39 is 0 Å². The van der Waals surface area contributed by atoms with E-state index in [4.69, 9.17) is 16.3 Å². The molecular formula is C14H15ClN2O2. The molecule has 0 N–H and O–H groups in total. The predicted molar refractivity (Wildman–Crippen MR) is 74.3 cm³/mol. The van der Waals surface area contributed by atoms with Gasteiger partial charge in [-0.2, -0.15) is 5.10 Å². The number of ether oxygens (including phenoxy) is 1. The summed E-state index contributed by atoms with van der Waals surface area (Å²) in [6.07, 6.45) is 0. The molecule has 1 aromatic carbocycles. The van der Waals surface area contributed by atoms with Gasteiger partial charge in [-0.25, -0.2) is 4.79 Å². The first-order valence-electron chi connectivity index (χ1n) is 6.01. The Balaban J connectivity index is 2.46. The summed E-state index contributed by atoms with van der Waals surface area (Å²) < 4.78 is 6.59. The molecule has 1 heterocycles. The van der Waals surface area contributed by atoms with Gasteiger partial charge in [0.15, 0.2) is 0 Å². The molecule has 2 aromatic rings. The molecule has 0 spiro atoms. The lowest BCUT2D eigenvalue weighted by Crippen LogP contribution is -2.11. The summed E-state index contributed by atoms with van der Waals surface area (Å²) in [5.41, 5.74) is 2.98. The summed E-state index contributed by atoms with van der Waals surface area (Å²) in [4.78, 5) is 11.9. The monoisotopic (exact) mass is 278 g/mol. The number of aromatic nitrogens is 2. The molecule has 100 valence electrons. The lowest BCUT2D eigenvalue weighted by molar-refractivity contribution is 0.0513. The van der Waals surface area contributed by atoms with Gasteiger partial charge in [-0.15, -0.1) is 0 Å². The summed E-state index contributed by atoms with van der Waals surface area (Å²) >= 11 is 5.87. The Morgan fingerprint density at radius 1 is 1.37 bits per heavy atom. The van der Waals surface area contributed by atoms with E-state index >= 15 is 0 Å². The first-order chi connectivity index (χ1) is 9.04. The van der Waals surface area contributed by atoms with Crippen molar-refractivity contribution in [1.29, 1.82) is 0 Å². The number of benzene rings is 1. The van der Waals surface area contributed by atoms with Gasteiger partial charge in [-0.1, -0.05) is 23.7 Å². The van der Waals surface area contributed by atoms with Crippen LogP contribution in [0.3, 0.4) is 0 Å². The largest absolute Gasteiger partial charge is 0.461 e. The van der Waals surface area contributed by atoms with E-state index in [0.29, 0.717) is 17.3 Å². The van der Waals surface area contributed by atoms with E-state index in [-0.39, 0.29) is 5.97 Å². The zero-order valence-electron chi connectivity index (χ0n) is 11.1. The minimum atomic E-state index is -0.352. The molecule has 2 rings (SSSR count). The van der Waals surface area contributed by atoms with Crippen molar-refractivity contribution in [3.05, 3.63) is 40.5 Å². The normalized spacial score (nSPS) is 10.5. The van der Waals surface area contributed by atoms with E-state index in [2.05, 4.69) is 5.10 Å². The molecule has 5 heteroatoms. The van der Waals surface area contributed by atoms with Gasteiger partial charge in [0.2, 0.25) is 0 Å². The van der Waals surface area contributed by atoms with Crippen LogP contribution in [-0.4, -0.2) is 22.4 Å². The van der Waals surface area contributed by atoms with E-state index in [0.717, 1.165) is 16.8 Å². The molecule has 0 atom stereocenters.